The molecule has 1 N–H and O–H groups in total. The second-order valence-corrected chi connectivity index (χ2v) is 7.69. The summed E-state index contributed by atoms with van der Waals surface area (Å²) < 4.78 is 20.2. The number of halogens is 1. The van der Waals surface area contributed by atoms with Crippen molar-refractivity contribution in [3.8, 4) is 11.1 Å². The first kappa shape index (κ1) is 22.4. The minimum absolute atomic E-state index is 0.110. The van der Waals surface area contributed by atoms with E-state index in [1.807, 2.05) is 24.3 Å². The topological polar surface area (TPSA) is 68.5 Å². The fourth-order valence-corrected chi connectivity index (χ4v) is 3.74. The number of para-hydroxylation sites is 1. The summed E-state index contributed by atoms with van der Waals surface area (Å²) in [5.41, 5.74) is 3.58. The second-order valence-electron chi connectivity index (χ2n) is 7.69. The summed E-state index contributed by atoms with van der Waals surface area (Å²) in [6.45, 7) is 4.11. The number of allylic oxidation sites excluding steroid dienone is 1. The Balaban J connectivity index is 2.04. The zero-order valence-electron chi connectivity index (χ0n) is 17.8. The third kappa shape index (κ3) is 5.09. The van der Waals surface area contributed by atoms with Crippen LogP contribution in [0, 0.1) is 5.82 Å². The molecule has 1 heterocycles. The highest BCUT2D eigenvalue weighted by Gasteiger charge is 2.19. The third-order valence-electron chi connectivity index (χ3n) is 5.09. The summed E-state index contributed by atoms with van der Waals surface area (Å²) in [6.07, 6.45) is 1.63. The number of aliphatic hydroxyl groups excluding tert-OH is 1. The van der Waals surface area contributed by atoms with Crippen molar-refractivity contribution in [2.45, 2.75) is 38.8 Å². The lowest BCUT2D eigenvalue weighted by Crippen LogP contribution is -2.17. The summed E-state index contributed by atoms with van der Waals surface area (Å²) in [6, 6.07) is 14.3. The van der Waals surface area contributed by atoms with Gasteiger partial charge in [-0.05, 0) is 49.8 Å². The zero-order valence-corrected chi connectivity index (χ0v) is 17.8. The lowest BCUT2D eigenvalue weighted by atomic mass is 10.0. The average Bonchev–Trinajstić information content (AvgIpc) is 3.07. The molecule has 0 aliphatic heterocycles. The van der Waals surface area contributed by atoms with Crippen LogP contribution in [-0.4, -0.2) is 34.6 Å². The van der Waals surface area contributed by atoms with E-state index in [4.69, 9.17) is 0 Å². The largest absolute Gasteiger partial charge is 0.469 e. The fraction of sp³-hybridized carbons (Fsp3) is 0.280. The van der Waals surface area contributed by atoms with Crippen LogP contribution in [0.1, 0.15) is 38.4 Å². The maximum atomic E-state index is 13.5. The molecule has 0 bridgehead atoms. The number of nitrogens with zero attached hydrogens (tertiary/aromatic N) is 1. The highest BCUT2D eigenvalue weighted by Crippen LogP contribution is 2.37. The lowest BCUT2D eigenvalue weighted by molar-refractivity contribution is -0.143. The molecule has 0 spiro atoms. The van der Waals surface area contributed by atoms with Crippen LogP contribution >= 0.6 is 0 Å². The first-order chi connectivity index (χ1) is 14.8. The number of carbonyl (C=O) groups is 2. The third-order valence-corrected chi connectivity index (χ3v) is 5.09. The number of rotatable bonds is 8. The van der Waals surface area contributed by atoms with E-state index in [0.29, 0.717) is 0 Å². The SMILES string of the molecule is COC(=O)C[C@@H](O)CC(=O)/C=C\c1c(-c2ccc(F)cc2)c2ccccc2n1C(C)C. The van der Waals surface area contributed by atoms with Crippen LogP contribution in [0.25, 0.3) is 28.1 Å². The first-order valence-corrected chi connectivity index (χ1v) is 10.2. The number of aliphatic hydroxyl groups is 1. The number of fused-ring (bicyclic) bond motifs is 1. The van der Waals surface area contributed by atoms with Gasteiger partial charge < -0.3 is 14.4 Å². The fourth-order valence-electron chi connectivity index (χ4n) is 3.74. The van der Waals surface area contributed by atoms with Gasteiger partial charge in [-0.15, -0.1) is 0 Å². The Morgan fingerprint density at radius 3 is 2.42 bits per heavy atom. The molecule has 0 saturated carbocycles. The maximum Gasteiger partial charge on any atom is 0.308 e. The minimum atomic E-state index is -1.10. The van der Waals surface area contributed by atoms with Gasteiger partial charge >= 0.3 is 5.97 Å². The van der Waals surface area contributed by atoms with Crippen LogP contribution in [0.15, 0.2) is 54.6 Å². The van der Waals surface area contributed by atoms with E-state index in [1.54, 1.807) is 18.2 Å². The molecule has 0 aliphatic carbocycles. The Labute approximate surface area is 180 Å². The summed E-state index contributed by atoms with van der Waals surface area (Å²) in [4.78, 5) is 23.7. The van der Waals surface area contributed by atoms with Crippen molar-refractivity contribution in [1.29, 1.82) is 0 Å². The van der Waals surface area contributed by atoms with Crippen LogP contribution in [0.4, 0.5) is 4.39 Å². The van der Waals surface area contributed by atoms with Gasteiger partial charge in [0, 0.05) is 28.9 Å². The summed E-state index contributed by atoms with van der Waals surface area (Å²) in [5.74, 6) is -1.19. The van der Waals surface area contributed by atoms with E-state index in [-0.39, 0.29) is 30.5 Å². The first-order valence-electron chi connectivity index (χ1n) is 10.2. The molecule has 0 fully saturated rings. The average molecular weight is 423 g/mol. The molecule has 1 aromatic heterocycles. The molecular formula is C25H26FNO4. The number of esters is 1. The number of hydrogen-bond donors (Lipinski definition) is 1. The van der Waals surface area contributed by atoms with Crippen molar-refractivity contribution < 1.29 is 23.8 Å². The predicted molar refractivity (Wildman–Crippen MR) is 119 cm³/mol. The van der Waals surface area contributed by atoms with Gasteiger partial charge in [-0.3, -0.25) is 9.59 Å². The Bertz CT molecular complexity index is 1110. The number of ether oxygens (including phenoxy) is 1. The smallest absolute Gasteiger partial charge is 0.308 e. The van der Waals surface area contributed by atoms with Crippen molar-refractivity contribution in [2.75, 3.05) is 7.11 Å². The predicted octanol–water partition coefficient (Wildman–Crippen LogP) is 4.92. The number of ketones is 1. The molecule has 0 saturated heterocycles. The molecule has 6 heteroatoms. The van der Waals surface area contributed by atoms with E-state index in [2.05, 4.69) is 23.2 Å². The second kappa shape index (κ2) is 9.71. The minimum Gasteiger partial charge on any atom is -0.469 e. The molecule has 0 radical (unpaired) electrons. The van der Waals surface area contributed by atoms with Crippen molar-refractivity contribution in [3.63, 3.8) is 0 Å². The lowest BCUT2D eigenvalue weighted by Gasteiger charge is -2.14. The number of aromatic nitrogens is 1. The Morgan fingerprint density at radius 2 is 1.77 bits per heavy atom. The molecule has 31 heavy (non-hydrogen) atoms. The van der Waals surface area contributed by atoms with Crippen molar-refractivity contribution in [3.05, 3.63) is 66.1 Å². The Hall–Kier alpha value is -3.25. The van der Waals surface area contributed by atoms with Gasteiger partial charge in [-0.25, -0.2) is 4.39 Å². The Kier molecular flexibility index (Phi) is 7.02. The number of benzene rings is 2. The van der Waals surface area contributed by atoms with Gasteiger partial charge in [0.1, 0.15) is 5.82 Å². The standard InChI is InChI=1S/C25H26FNO4/c1-16(2)27-22-7-5-4-6-21(22)25(17-8-10-18(26)11-9-17)23(27)13-12-19(28)14-20(29)15-24(30)31-3/h4-13,16,20,29H,14-15H2,1-3H3/b13-12-/t20-/m0/s1. The van der Waals surface area contributed by atoms with E-state index in [1.165, 1.54) is 25.3 Å². The molecule has 2 aromatic carbocycles. The van der Waals surface area contributed by atoms with Gasteiger partial charge in [0.25, 0.3) is 0 Å². The van der Waals surface area contributed by atoms with Gasteiger partial charge in [0.05, 0.1) is 25.3 Å². The normalized spacial score (nSPS) is 12.6. The molecule has 0 aliphatic rings. The number of methoxy groups -OCH3 is 1. The van der Waals surface area contributed by atoms with E-state index >= 15 is 0 Å². The molecule has 3 rings (SSSR count). The molecule has 0 amide bonds. The van der Waals surface area contributed by atoms with Crippen LogP contribution in [-0.2, 0) is 14.3 Å². The van der Waals surface area contributed by atoms with Crippen molar-refractivity contribution >= 4 is 28.7 Å². The van der Waals surface area contributed by atoms with Crippen LogP contribution in [0.2, 0.25) is 0 Å². The number of hydrogen-bond acceptors (Lipinski definition) is 4. The van der Waals surface area contributed by atoms with Crippen molar-refractivity contribution in [1.82, 2.24) is 4.57 Å². The van der Waals surface area contributed by atoms with Gasteiger partial charge in [-0.2, -0.15) is 0 Å². The van der Waals surface area contributed by atoms with Gasteiger partial charge in [0.15, 0.2) is 5.78 Å². The molecule has 3 aromatic rings. The molecule has 162 valence electrons. The maximum absolute atomic E-state index is 13.5. The highest BCUT2D eigenvalue weighted by atomic mass is 19.1. The summed E-state index contributed by atoms with van der Waals surface area (Å²) >= 11 is 0. The zero-order chi connectivity index (χ0) is 22.5. The molecule has 0 unspecified atom stereocenters. The van der Waals surface area contributed by atoms with E-state index in [0.717, 1.165) is 27.7 Å². The van der Waals surface area contributed by atoms with Crippen molar-refractivity contribution in [2.24, 2.45) is 0 Å². The molecule has 1 atom stereocenters. The highest BCUT2D eigenvalue weighted by molar-refractivity contribution is 6.03. The van der Waals surface area contributed by atoms with Gasteiger partial charge in [0.2, 0.25) is 0 Å². The molecular weight excluding hydrogens is 397 g/mol. The molecule has 5 nitrogen and oxygen atoms in total. The van der Waals surface area contributed by atoms with Crippen LogP contribution in [0.3, 0.4) is 0 Å². The van der Waals surface area contributed by atoms with Crippen LogP contribution in [0.5, 0.6) is 0 Å². The number of carbonyl (C=O) groups excluding carboxylic acids is 2. The van der Waals surface area contributed by atoms with E-state index in [9.17, 15) is 19.1 Å². The quantitative estimate of drug-likeness (QED) is 0.412. The van der Waals surface area contributed by atoms with E-state index < -0.39 is 12.1 Å². The Morgan fingerprint density at radius 1 is 1.10 bits per heavy atom. The summed E-state index contributed by atoms with van der Waals surface area (Å²) in [7, 11) is 1.23. The monoisotopic (exact) mass is 423 g/mol. The summed E-state index contributed by atoms with van der Waals surface area (Å²) in [5, 5.41) is 10.9. The van der Waals surface area contributed by atoms with Crippen LogP contribution < -0.4 is 0 Å². The van der Waals surface area contributed by atoms with Gasteiger partial charge in [-0.1, -0.05) is 30.3 Å².